The topological polar surface area (TPSA) is 24.5 Å². The van der Waals surface area contributed by atoms with Crippen molar-refractivity contribution < 1.29 is 4.74 Å². The summed E-state index contributed by atoms with van der Waals surface area (Å²) in [5, 5.41) is 3.67. The van der Waals surface area contributed by atoms with E-state index in [4.69, 9.17) is 4.74 Å². The lowest BCUT2D eigenvalue weighted by Crippen LogP contribution is -2.43. The summed E-state index contributed by atoms with van der Waals surface area (Å²) in [6, 6.07) is 9.27. The van der Waals surface area contributed by atoms with Gasteiger partial charge < -0.3 is 10.1 Å². The molecule has 2 atom stereocenters. The van der Waals surface area contributed by atoms with Crippen molar-refractivity contribution in [3.8, 4) is 5.75 Å². The molecule has 2 rings (SSSR count). The monoisotopic (exact) mass is 290 g/mol. The van der Waals surface area contributed by atoms with Crippen LogP contribution < -0.4 is 10.1 Å². The third kappa shape index (κ3) is 4.72. The molecule has 1 aliphatic heterocycles. The van der Waals surface area contributed by atoms with Crippen LogP contribution in [0.4, 0.5) is 0 Å². The van der Waals surface area contributed by atoms with Gasteiger partial charge in [-0.1, -0.05) is 24.6 Å². The van der Waals surface area contributed by atoms with Crippen LogP contribution in [0.1, 0.15) is 51.6 Å². The normalized spacial score (nSPS) is 19.2. The van der Waals surface area contributed by atoms with Gasteiger partial charge in [-0.2, -0.15) is 0 Å². The predicted octanol–water partition coefficient (Wildman–Crippen LogP) is 3.61. The number of para-hydroxylation sites is 1. The maximum Gasteiger partial charge on any atom is 0.124 e. The minimum absolute atomic E-state index is 0.319. The average molecular weight is 290 g/mol. The highest BCUT2D eigenvalue weighted by atomic mass is 16.5. The molecular weight excluding hydrogens is 260 g/mol. The van der Waals surface area contributed by atoms with Gasteiger partial charge in [0.2, 0.25) is 0 Å². The first-order valence-corrected chi connectivity index (χ1v) is 8.41. The fraction of sp³-hybridized carbons (Fsp3) is 0.667. The van der Waals surface area contributed by atoms with E-state index in [1.54, 1.807) is 0 Å². The van der Waals surface area contributed by atoms with E-state index in [1.807, 2.05) is 13.0 Å². The van der Waals surface area contributed by atoms with Gasteiger partial charge in [-0.15, -0.1) is 0 Å². The van der Waals surface area contributed by atoms with Crippen LogP contribution in [0.5, 0.6) is 5.75 Å². The second kappa shape index (κ2) is 8.40. The van der Waals surface area contributed by atoms with Gasteiger partial charge in [0.15, 0.2) is 0 Å². The van der Waals surface area contributed by atoms with Crippen LogP contribution >= 0.6 is 0 Å². The van der Waals surface area contributed by atoms with E-state index in [2.05, 4.69) is 42.3 Å². The van der Waals surface area contributed by atoms with Crippen molar-refractivity contribution in [2.45, 2.75) is 52.1 Å². The molecule has 1 fully saturated rings. The number of hydrogen-bond acceptors (Lipinski definition) is 3. The number of rotatable bonds is 7. The van der Waals surface area contributed by atoms with Crippen LogP contribution in [0, 0.1) is 0 Å². The molecule has 21 heavy (non-hydrogen) atoms. The van der Waals surface area contributed by atoms with E-state index in [-0.39, 0.29) is 0 Å². The summed E-state index contributed by atoms with van der Waals surface area (Å²) < 4.78 is 5.73. The largest absolute Gasteiger partial charge is 0.494 e. The summed E-state index contributed by atoms with van der Waals surface area (Å²) in [5.41, 5.74) is 1.25. The molecule has 0 aliphatic carbocycles. The van der Waals surface area contributed by atoms with Crippen molar-refractivity contribution in [3.05, 3.63) is 29.8 Å². The van der Waals surface area contributed by atoms with Crippen molar-refractivity contribution >= 4 is 0 Å². The summed E-state index contributed by atoms with van der Waals surface area (Å²) in [6.45, 7) is 10.8. The van der Waals surface area contributed by atoms with Gasteiger partial charge in [0.1, 0.15) is 5.75 Å². The first kappa shape index (κ1) is 16.3. The van der Waals surface area contributed by atoms with Crippen molar-refractivity contribution in [1.82, 2.24) is 10.2 Å². The van der Waals surface area contributed by atoms with Crippen LogP contribution in [0.3, 0.4) is 0 Å². The van der Waals surface area contributed by atoms with Crippen molar-refractivity contribution in [3.63, 3.8) is 0 Å². The second-order valence-corrected chi connectivity index (χ2v) is 6.05. The summed E-state index contributed by atoms with van der Waals surface area (Å²) in [6.07, 6.45) is 4.11. The Morgan fingerprint density at radius 2 is 1.86 bits per heavy atom. The van der Waals surface area contributed by atoms with E-state index in [9.17, 15) is 0 Å². The Morgan fingerprint density at radius 3 is 2.57 bits per heavy atom. The van der Waals surface area contributed by atoms with Gasteiger partial charge >= 0.3 is 0 Å². The summed E-state index contributed by atoms with van der Waals surface area (Å²) in [4.78, 5) is 2.61. The molecule has 3 heteroatoms. The molecule has 3 nitrogen and oxygen atoms in total. The van der Waals surface area contributed by atoms with Gasteiger partial charge in [-0.25, -0.2) is 0 Å². The fourth-order valence-corrected chi connectivity index (χ4v) is 3.07. The Kier molecular flexibility index (Phi) is 6.52. The number of likely N-dealkylation sites (tertiary alicyclic amines) is 1. The first-order valence-electron chi connectivity index (χ1n) is 8.41. The molecule has 1 saturated heterocycles. The highest BCUT2D eigenvalue weighted by Gasteiger charge is 2.18. The summed E-state index contributed by atoms with van der Waals surface area (Å²) in [5.74, 6) is 1.01. The van der Waals surface area contributed by atoms with Crippen molar-refractivity contribution in [2.75, 3.05) is 26.2 Å². The molecule has 0 aromatic heterocycles. The van der Waals surface area contributed by atoms with E-state index < -0.39 is 0 Å². The molecule has 0 bridgehead atoms. The lowest BCUT2D eigenvalue weighted by atomic mass is 10.1. The average Bonchev–Trinajstić information content (AvgIpc) is 2.54. The fourth-order valence-electron chi connectivity index (χ4n) is 3.07. The van der Waals surface area contributed by atoms with E-state index in [0.29, 0.717) is 18.7 Å². The molecule has 2 unspecified atom stereocenters. The molecule has 1 heterocycles. The first-order chi connectivity index (χ1) is 10.2. The molecule has 1 aromatic carbocycles. The number of nitrogens with zero attached hydrogens (tertiary/aromatic N) is 1. The molecule has 1 aromatic rings. The van der Waals surface area contributed by atoms with E-state index in [0.717, 1.165) is 12.3 Å². The van der Waals surface area contributed by atoms with Crippen LogP contribution in [0.25, 0.3) is 0 Å². The minimum Gasteiger partial charge on any atom is -0.494 e. The molecule has 0 amide bonds. The number of benzene rings is 1. The number of piperidine rings is 1. The molecule has 1 N–H and O–H groups in total. The highest BCUT2D eigenvalue weighted by molar-refractivity contribution is 5.35. The zero-order valence-corrected chi connectivity index (χ0v) is 13.8. The lowest BCUT2D eigenvalue weighted by molar-refractivity contribution is 0.168. The standard InChI is InChI=1S/C18H30N2O/c1-4-21-18-11-7-6-10-17(18)16(3)19-14-15(2)20-12-8-5-9-13-20/h6-7,10-11,15-16,19H,4-5,8-9,12-14H2,1-3H3. The van der Waals surface area contributed by atoms with E-state index >= 15 is 0 Å². The maximum absolute atomic E-state index is 5.73. The van der Waals surface area contributed by atoms with Crippen LogP contribution in [0.15, 0.2) is 24.3 Å². The van der Waals surface area contributed by atoms with Crippen LogP contribution in [0.2, 0.25) is 0 Å². The molecule has 0 radical (unpaired) electrons. The number of nitrogens with one attached hydrogen (secondary N) is 1. The predicted molar refractivity (Wildman–Crippen MR) is 88.9 cm³/mol. The minimum atomic E-state index is 0.319. The highest BCUT2D eigenvalue weighted by Crippen LogP contribution is 2.24. The van der Waals surface area contributed by atoms with E-state index in [1.165, 1.54) is 37.9 Å². The van der Waals surface area contributed by atoms with Crippen LogP contribution in [-0.2, 0) is 0 Å². The van der Waals surface area contributed by atoms with Gasteiger partial charge in [-0.3, -0.25) is 4.90 Å². The van der Waals surface area contributed by atoms with Crippen LogP contribution in [-0.4, -0.2) is 37.2 Å². The smallest absolute Gasteiger partial charge is 0.124 e. The Hall–Kier alpha value is -1.06. The van der Waals surface area contributed by atoms with Gasteiger partial charge in [0.05, 0.1) is 6.61 Å². The van der Waals surface area contributed by atoms with Gasteiger partial charge in [-0.05, 0) is 52.8 Å². The van der Waals surface area contributed by atoms with Crippen molar-refractivity contribution in [2.24, 2.45) is 0 Å². The maximum atomic E-state index is 5.73. The Bertz CT molecular complexity index is 415. The zero-order chi connectivity index (χ0) is 15.1. The zero-order valence-electron chi connectivity index (χ0n) is 13.8. The summed E-state index contributed by atoms with van der Waals surface area (Å²) >= 11 is 0. The molecule has 1 aliphatic rings. The Balaban J connectivity index is 1.87. The molecule has 118 valence electrons. The Morgan fingerprint density at radius 1 is 1.14 bits per heavy atom. The summed E-state index contributed by atoms with van der Waals surface area (Å²) in [7, 11) is 0. The molecule has 0 saturated carbocycles. The third-order valence-corrected chi connectivity index (χ3v) is 4.42. The quantitative estimate of drug-likeness (QED) is 0.830. The molecular formula is C18H30N2O. The van der Waals surface area contributed by atoms with Gasteiger partial charge in [0, 0.05) is 24.2 Å². The second-order valence-electron chi connectivity index (χ2n) is 6.05. The van der Waals surface area contributed by atoms with Crippen molar-refractivity contribution in [1.29, 1.82) is 0 Å². The Labute approximate surface area is 129 Å². The van der Waals surface area contributed by atoms with Gasteiger partial charge in [0.25, 0.3) is 0 Å². The lowest BCUT2D eigenvalue weighted by Gasteiger charge is -2.33. The third-order valence-electron chi connectivity index (χ3n) is 4.42. The SMILES string of the molecule is CCOc1ccccc1C(C)NCC(C)N1CCCCC1. The number of hydrogen-bond donors (Lipinski definition) is 1. The number of ether oxygens (including phenoxy) is 1. The molecule has 0 spiro atoms.